The summed E-state index contributed by atoms with van der Waals surface area (Å²) in [6, 6.07) is -0.0950. The number of rotatable bonds is 8. The van der Waals surface area contributed by atoms with Gasteiger partial charge in [0, 0.05) is 12.1 Å². The summed E-state index contributed by atoms with van der Waals surface area (Å²) in [5.74, 6) is -0.0694. The Labute approximate surface area is 118 Å². The fraction of sp³-hybridized carbons (Fsp3) is 0.933. The van der Waals surface area contributed by atoms with Gasteiger partial charge in [-0.25, -0.2) is 0 Å². The molecule has 0 aromatic rings. The van der Waals surface area contributed by atoms with Crippen LogP contribution in [0.5, 0.6) is 0 Å². The van der Waals surface area contributed by atoms with Crippen LogP contribution in [0.15, 0.2) is 0 Å². The second kappa shape index (κ2) is 7.25. The van der Waals surface area contributed by atoms with Crippen LogP contribution in [-0.2, 0) is 9.53 Å². The van der Waals surface area contributed by atoms with E-state index in [1.54, 1.807) is 0 Å². The molecule has 0 spiro atoms. The molecule has 1 aliphatic rings. The van der Waals surface area contributed by atoms with E-state index in [9.17, 15) is 4.79 Å². The van der Waals surface area contributed by atoms with Crippen LogP contribution in [0.3, 0.4) is 0 Å². The first-order valence-electron chi connectivity index (χ1n) is 7.51. The summed E-state index contributed by atoms with van der Waals surface area (Å²) in [7, 11) is 6.35. The lowest BCUT2D eigenvalue weighted by molar-refractivity contribution is -0.150. The lowest BCUT2D eigenvalue weighted by Crippen LogP contribution is -2.59. The van der Waals surface area contributed by atoms with Gasteiger partial charge in [0.1, 0.15) is 6.04 Å². The number of hydrogen-bond donors (Lipinski definition) is 0. The molecule has 0 heterocycles. The smallest absolute Gasteiger partial charge is 0.323 e. The van der Waals surface area contributed by atoms with Crippen molar-refractivity contribution in [1.29, 1.82) is 0 Å². The van der Waals surface area contributed by atoms with Crippen molar-refractivity contribution in [1.82, 2.24) is 9.80 Å². The maximum absolute atomic E-state index is 12.1. The van der Waals surface area contributed by atoms with Crippen molar-refractivity contribution >= 4 is 5.97 Å². The molecule has 1 atom stereocenters. The second-order valence-corrected chi connectivity index (χ2v) is 5.94. The highest BCUT2D eigenvalue weighted by atomic mass is 16.5. The third kappa shape index (κ3) is 3.93. The van der Waals surface area contributed by atoms with E-state index in [0.29, 0.717) is 6.61 Å². The number of carbonyl (C=O) groups is 1. The lowest BCUT2D eigenvalue weighted by Gasteiger charge is -2.50. The fourth-order valence-corrected chi connectivity index (χ4v) is 2.94. The van der Waals surface area contributed by atoms with Gasteiger partial charge in [0.2, 0.25) is 0 Å². The zero-order valence-electron chi connectivity index (χ0n) is 13.2. The molecular weight excluding hydrogens is 240 g/mol. The quantitative estimate of drug-likeness (QED) is 0.633. The Balaban J connectivity index is 2.65. The number of likely N-dealkylation sites (N-methyl/N-ethyl adjacent to an activating group) is 2. The average Bonchev–Trinajstić information content (AvgIpc) is 2.30. The minimum Gasteiger partial charge on any atom is -0.465 e. The van der Waals surface area contributed by atoms with Crippen LogP contribution in [0.2, 0.25) is 0 Å². The molecular formula is C15H30N2O2. The first kappa shape index (κ1) is 16.4. The van der Waals surface area contributed by atoms with Crippen LogP contribution in [0.4, 0.5) is 0 Å². The second-order valence-electron chi connectivity index (χ2n) is 5.94. The molecule has 0 bridgehead atoms. The molecule has 1 rings (SSSR count). The van der Waals surface area contributed by atoms with E-state index in [4.69, 9.17) is 4.74 Å². The van der Waals surface area contributed by atoms with E-state index in [-0.39, 0.29) is 17.6 Å². The van der Waals surface area contributed by atoms with Crippen molar-refractivity contribution in [2.45, 2.75) is 57.5 Å². The van der Waals surface area contributed by atoms with Gasteiger partial charge in [0.25, 0.3) is 0 Å². The van der Waals surface area contributed by atoms with Crippen molar-refractivity contribution in [2.24, 2.45) is 0 Å². The highest BCUT2D eigenvalue weighted by molar-refractivity contribution is 5.75. The van der Waals surface area contributed by atoms with Crippen LogP contribution in [0.25, 0.3) is 0 Å². The lowest BCUT2D eigenvalue weighted by atomic mass is 9.75. The van der Waals surface area contributed by atoms with Crippen molar-refractivity contribution in [3.05, 3.63) is 0 Å². The Hall–Kier alpha value is -0.610. The molecule has 4 nitrogen and oxygen atoms in total. The molecule has 1 unspecified atom stereocenters. The van der Waals surface area contributed by atoms with E-state index in [0.717, 1.165) is 19.4 Å². The third-order valence-corrected chi connectivity index (χ3v) is 4.43. The van der Waals surface area contributed by atoms with Gasteiger partial charge in [-0.05, 0) is 53.8 Å². The molecule has 0 radical (unpaired) electrons. The number of carbonyl (C=O) groups excluding carboxylic acids is 1. The third-order valence-electron chi connectivity index (χ3n) is 4.43. The van der Waals surface area contributed by atoms with Gasteiger partial charge in [-0.2, -0.15) is 0 Å². The van der Waals surface area contributed by atoms with Crippen molar-refractivity contribution < 1.29 is 9.53 Å². The highest BCUT2D eigenvalue weighted by Gasteiger charge is 2.41. The number of ether oxygens (including phenoxy) is 1. The largest absolute Gasteiger partial charge is 0.465 e. The van der Waals surface area contributed by atoms with Gasteiger partial charge < -0.3 is 9.64 Å². The molecule has 112 valence electrons. The van der Waals surface area contributed by atoms with E-state index in [2.05, 4.69) is 37.9 Å². The predicted molar refractivity (Wildman–Crippen MR) is 78.2 cm³/mol. The molecule has 4 heteroatoms. The van der Waals surface area contributed by atoms with Gasteiger partial charge >= 0.3 is 5.97 Å². The Bertz CT molecular complexity index is 288. The molecule has 0 aliphatic heterocycles. The van der Waals surface area contributed by atoms with Gasteiger partial charge in [0.05, 0.1) is 6.61 Å². The molecule has 1 aliphatic carbocycles. The topological polar surface area (TPSA) is 32.8 Å². The SMILES string of the molecule is CCCC(C(=O)OCC)N(C)CC1(N(C)C)CCC1. The maximum Gasteiger partial charge on any atom is 0.323 e. The molecule has 1 saturated carbocycles. The van der Waals surface area contributed by atoms with Crippen LogP contribution < -0.4 is 0 Å². The summed E-state index contributed by atoms with van der Waals surface area (Å²) >= 11 is 0. The van der Waals surface area contributed by atoms with Gasteiger partial charge in [-0.15, -0.1) is 0 Å². The summed E-state index contributed by atoms with van der Waals surface area (Å²) in [5, 5.41) is 0. The minimum atomic E-state index is -0.0950. The molecule has 0 amide bonds. The Morgan fingerprint density at radius 1 is 1.26 bits per heavy atom. The number of esters is 1. The van der Waals surface area contributed by atoms with E-state index in [1.165, 1.54) is 19.3 Å². The first-order valence-corrected chi connectivity index (χ1v) is 7.51. The molecule has 0 aromatic heterocycles. The monoisotopic (exact) mass is 270 g/mol. The fourth-order valence-electron chi connectivity index (χ4n) is 2.94. The summed E-state index contributed by atoms with van der Waals surface area (Å²) in [6.07, 6.45) is 5.63. The predicted octanol–water partition coefficient (Wildman–Crippen LogP) is 2.13. The zero-order chi connectivity index (χ0) is 14.5. The van der Waals surface area contributed by atoms with Crippen LogP contribution in [-0.4, -0.2) is 61.6 Å². The maximum atomic E-state index is 12.1. The average molecular weight is 270 g/mol. The van der Waals surface area contributed by atoms with Crippen LogP contribution >= 0.6 is 0 Å². The standard InChI is InChI=1S/C15H30N2O2/c1-6-9-13(14(18)19-7-2)17(5)12-15(16(3)4)10-8-11-15/h13H,6-12H2,1-5H3. The van der Waals surface area contributed by atoms with Crippen molar-refractivity contribution in [3.8, 4) is 0 Å². The van der Waals surface area contributed by atoms with Crippen LogP contribution in [0.1, 0.15) is 46.0 Å². The summed E-state index contributed by atoms with van der Waals surface area (Å²) < 4.78 is 5.21. The Kier molecular flexibility index (Phi) is 6.27. The normalized spacial score (nSPS) is 19.3. The summed E-state index contributed by atoms with van der Waals surface area (Å²) in [5.41, 5.74) is 0.257. The van der Waals surface area contributed by atoms with Crippen molar-refractivity contribution in [3.63, 3.8) is 0 Å². The Morgan fingerprint density at radius 3 is 2.26 bits per heavy atom. The first-order chi connectivity index (χ1) is 8.96. The minimum absolute atomic E-state index is 0.0694. The molecule has 1 fully saturated rings. The molecule has 0 saturated heterocycles. The summed E-state index contributed by atoms with van der Waals surface area (Å²) in [4.78, 5) is 16.6. The van der Waals surface area contributed by atoms with Gasteiger partial charge in [-0.1, -0.05) is 13.3 Å². The van der Waals surface area contributed by atoms with E-state index < -0.39 is 0 Å². The number of nitrogens with zero attached hydrogens (tertiary/aromatic N) is 2. The highest BCUT2D eigenvalue weighted by Crippen LogP contribution is 2.37. The van der Waals surface area contributed by atoms with E-state index in [1.807, 2.05) is 6.92 Å². The van der Waals surface area contributed by atoms with Gasteiger partial charge in [-0.3, -0.25) is 9.69 Å². The molecule has 19 heavy (non-hydrogen) atoms. The van der Waals surface area contributed by atoms with E-state index >= 15 is 0 Å². The molecule has 0 aromatic carbocycles. The number of hydrogen-bond acceptors (Lipinski definition) is 4. The van der Waals surface area contributed by atoms with Crippen molar-refractivity contribution in [2.75, 3.05) is 34.3 Å². The Morgan fingerprint density at radius 2 is 1.89 bits per heavy atom. The summed E-state index contributed by atoms with van der Waals surface area (Å²) in [6.45, 7) is 5.40. The zero-order valence-corrected chi connectivity index (χ0v) is 13.2. The van der Waals surface area contributed by atoms with Crippen LogP contribution in [0, 0.1) is 0 Å². The molecule has 0 N–H and O–H groups in total. The van der Waals surface area contributed by atoms with Gasteiger partial charge in [0.15, 0.2) is 0 Å².